The Balaban J connectivity index is 1.48. The van der Waals surface area contributed by atoms with Crippen LogP contribution in [0.5, 0.6) is 0 Å². The van der Waals surface area contributed by atoms with Crippen molar-refractivity contribution >= 4 is 22.9 Å². The second-order valence-electron chi connectivity index (χ2n) is 6.43. The zero-order valence-corrected chi connectivity index (χ0v) is 15.6. The van der Waals surface area contributed by atoms with E-state index in [9.17, 15) is 14.4 Å². The number of ether oxygens (including phenoxy) is 1. The number of nitrogens with zero attached hydrogens (tertiary/aromatic N) is 2. The van der Waals surface area contributed by atoms with Gasteiger partial charge in [0.25, 0.3) is 11.5 Å². The van der Waals surface area contributed by atoms with Crippen molar-refractivity contribution in [1.29, 1.82) is 0 Å². The monoisotopic (exact) mass is 379 g/mol. The maximum absolute atomic E-state index is 12.1. The van der Waals surface area contributed by atoms with Gasteiger partial charge in [-0.1, -0.05) is 42.5 Å². The number of hydrogen-bond acceptors (Lipinski definition) is 5. The molecule has 1 amide bonds. The molecule has 0 saturated carbocycles. The number of aromatic nitrogens is 2. The van der Waals surface area contributed by atoms with E-state index in [1.807, 2.05) is 42.5 Å². The lowest BCUT2D eigenvalue weighted by molar-refractivity contribution is -0.151. The van der Waals surface area contributed by atoms with Crippen molar-refractivity contribution in [2.45, 2.75) is 19.4 Å². The van der Waals surface area contributed by atoms with Gasteiger partial charge >= 0.3 is 5.97 Å². The summed E-state index contributed by atoms with van der Waals surface area (Å²) in [6.07, 6.45) is 0.122. The molecule has 7 nitrogen and oxygen atoms in total. The van der Waals surface area contributed by atoms with Gasteiger partial charge in [-0.25, -0.2) is 4.98 Å². The number of benzene rings is 2. The molecule has 1 heterocycles. The number of likely N-dealkylation sites (N-methyl/N-ethyl adjacent to an activating group) is 1. The second kappa shape index (κ2) is 8.94. The van der Waals surface area contributed by atoms with Gasteiger partial charge in [0.15, 0.2) is 6.61 Å². The molecule has 0 atom stereocenters. The van der Waals surface area contributed by atoms with Crippen LogP contribution in [0.1, 0.15) is 17.7 Å². The van der Waals surface area contributed by atoms with E-state index in [-0.39, 0.29) is 36.6 Å². The molecule has 0 fully saturated rings. The van der Waals surface area contributed by atoms with Crippen molar-refractivity contribution < 1.29 is 14.3 Å². The number of carbonyl (C=O) groups excluding carboxylic acids is 2. The highest BCUT2D eigenvalue weighted by Gasteiger charge is 2.14. The Morgan fingerprint density at radius 2 is 1.79 bits per heavy atom. The predicted molar refractivity (Wildman–Crippen MR) is 105 cm³/mol. The number of esters is 1. The Kier molecular flexibility index (Phi) is 6.16. The van der Waals surface area contributed by atoms with Crippen molar-refractivity contribution in [3.63, 3.8) is 0 Å². The zero-order valence-electron chi connectivity index (χ0n) is 15.6. The fourth-order valence-corrected chi connectivity index (χ4v) is 2.73. The maximum Gasteiger partial charge on any atom is 0.306 e. The highest BCUT2D eigenvalue weighted by atomic mass is 16.5. The maximum atomic E-state index is 12.1. The Morgan fingerprint density at radius 1 is 1.07 bits per heavy atom. The Hall–Kier alpha value is -3.48. The van der Waals surface area contributed by atoms with E-state index in [0.717, 1.165) is 5.56 Å². The molecule has 2 aromatic carbocycles. The van der Waals surface area contributed by atoms with Crippen LogP contribution in [0.2, 0.25) is 0 Å². The minimum atomic E-state index is -0.546. The number of aryl methyl sites for hydroxylation is 1. The average molecular weight is 379 g/mol. The van der Waals surface area contributed by atoms with Gasteiger partial charge in [0.1, 0.15) is 5.69 Å². The number of fused-ring (bicyclic) bond motifs is 1. The van der Waals surface area contributed by atoms with Crippen LogP contribution in [-0.2, 0) is 27.3 Å². The third-order valence-electron chi connectivity index (χ3n) is 4.28. The smallest absolute Gasteiger partial charge is 0.306 e. The van der Waals surface area contributed by atoms with Crippen LogP contribution >= 0.6 is 0 Å². The molecule has 3 rings (SSSR count). The lowest BCUT2D eigenvalue weighted by Crippen LogP contribution is -2.31. The van der Waals surface area contributed by atoms with E-state index >= 15 is 0 Å². The Bertz CT molecular complexity index is 1030. The van der Waals surface area contributed by atoms with Crippen molar-refractivity contribution in [3.8, 4) is 0 Å². The van der Waals surface area contributed by atoms with Gasteiger partial charge in [0.2, 0.25) is 0 Å². The molecule has 0 unspecified atom stereocenters. The standard InChI is InChI=1S/C21H21N3O4/c1-24(13-15-7-3-2-4-8-15)19(25)14-28-20(26)12-11-18-21(27)23-17-10-6-5-9-16(17)22-18/h2-10H,11-14H2,1H3,(H,23,27). The highest BCUT2D eigenvalue weighted by Crippen LogP contribution is 2.07. The Labute approximate surface area is 162 Å². The fraction of sp³-hybridized carbons (Fsp3) is 0.238. The van der Waals surface area contributed by atoms with Crippen LogP contribution in [0.4, 0.5) is 0 Å². The number of H-pyrrole nitrogens is 1. The number of rotatable bonds is 7. The molecule has 0 saturated heterocycles. The third-order valence-corrected chi connectivity index (χ3v) is 4.28. The van der Waals surface area contributed by atoms with Gasteiger partial charge in [-0.2, -0.15) is 0 Å². The molecular formula is C21H21N3O4. The number of para-hydroxylation sites is 2. The molecule has 0 aliphatic rings. The summed E-state index contributed by atoms with van der Waals surface area (Å²) in [5.74, 6) is -0.838. The summed E-state index contributed by atoms with van der Waals surface area (Å²) in [7, 11) is 1.65. The quantitative estimate of drug-likeness (QED) is 0.635. The summed E-state index contributed by atoms with van der Waals surface area (Å²) < 4.78 is 5.04. The molecule has 144 valence electrons. The topological polar surface area (TPSA) is 92.4 Å². The van der Waals surface area contributed by atoms with Crippen LogP contribution in [-0.4, -0.2) is 40.4 Å². The van der Waals surface area contributed by atoms with Crippen molar-refractivity contribution in [1.82, 2.24) is 14.9 Å². The summed E-state index contributed by atoms with van der Waals surface area (Å²) >= 11 is 0. The summed E-state index contributed by atoms with van der Waals surface area (Å²) in [5, 5.41) is 0. The van der Waals surface area contributed by atoms with E-state index in [0.29, 0.717) is 17.6 Å². The molecule has 0 aliphatic carbocycles. The van der Waals surface area contributed by atoms with Crippen molar-refractivity contribution in [2.75, 3.05) is 13.7 Å². The van der Waals surface area contributed by atoms with E-state index in [2.05, 4.69) is 9.97 Å². The lowest BCUT2D eigenvalue weighted by atomic mass is 10.2. The van der Waals surface area contributed by atoms with Gasteiger partial charge in [0, 0.05) is 20.0 Å². The predicted octanol–water partition coefficient (Wildman–Crippen LogP) is 2.06. The molecule has 1 N–H and O–H groups in total. The van der Waals surface area contributed by atoms with Crippen LogP contribution in [0.25, 0.3) is 11.0 Å². The fourth-order valence-electron chi connectivity index (χ4n) is 2.73. The summed E-state index contributed by atoms with van der Waals surface area (Å²) in [6.45, 7) is 0.108. The first kappa shape index (κ1) is 19.3. The third kappa shape index (κ3) is 5.03. The largest absolute Gasteiger partial charge is 0.456 e. The van der Waals surface area contributed by atoms with Gasteiger partial charge in [0.05, 0.1) is 17.5 Å². The van der Waals surface area contributed by atoms with Gasteiger partial charge in [-0.3, -0.25) is 14.4 Å². The first-order valence-electron chi connectivity index (χ1n) is 8.94. The molecule has 7 heteroatoms. The van der Waals surface area contributed by atoms with Crippen LogP contribution in [0.15, 0.2) is 59.4 Å². The van der Waals surface area contributed by atoms with E-state index in [1.165, 1.54) is 4.90 Å². The highest BCUT2D eigenvalue weighted by molar-refractivity contribution is 5.80. The second-order valence-corrected chi connectivity index (χ2v) is 6.43. The minimum absolute atomic E-state index is 0.0237. The van der Waals surface area contributed by atoms with Crippen molar-refractivity contribution in [2.24, 2.45) is 0 Å². The minimum Gasteiger partial charge on any atom is -0.456 e. The van der Waals surface area contributed by atoms with Crippen LogP contribution in [0, 0.1) is 0 Å². The lowest BCUT2D eigenvalue weighted by Gasteiger charge is -2.17. The van der Waals surface area contributed by atoms with E-state index in [1.54, 1.807) is 19.2 Å². The molecule has 0 aliphatic heterocycles. The van der Waals surface area contributed by atoms with E-state index in [4.69, 9.17) is 4.74 Å². The first-order valence-corrected chi connectivity index (χ1v) is 8.94. The van der Waals surface area contributed by atoms with Gasteiger partial charge in [-0.15, -0.1) is 0 Å². The summed E-state index contributed by atoms with van der Waals surface area (Å²) in [5.41, 5.74) is 2.23. The SMILES string of the molecule is CN(Cc1ccccc1)C(=O)COC(=O)CCc1nc2ccccc2[nH]c1=O. The zero-order chi connectivity index (χ0) is 19.9. The van der Waals surface area contributed by atoms with Gasteiger partial charge < -0.3 is 14.6 Å². The number of amides is 1. The van der Waals surface area contributed by atoms with Gasteiger partial charge in [-0.05, 0) is 17.7 Å². The molecular weight excluding hydrogens is 358 g/mol. The molecule has 1 aromatic heterocycles. The number of nitrogens with one attached hydrogen (secondary N) is 1. The summed E-state index contributed by atoms with van der Waals surface area (Å²) in [6, 6.07) is 16.7. The molecule has 0 radical (unpaired) electrons. The van der Waals surface area contributed by atoms with Crippen LogP contribution < -0.4 is 5.56 Å². The number of carbonyl (C=O) groups is 2. The Morgan fingerprint density at radius 3 is 2.57 bits per heavy atom. The summed E-state index contributed by atoms with van der Waals surface area (Å²) in [4.78, 5) is 44.6. The first-order chi connectivity index (χ1) is 13.5. The number of aromatic amines is 1. The van der Waals surface area contributed by atoms with Crippen molar-refractivity contribution in [3.05, 3.63) is 76.2 Å². The molecule has 3 aromatic rings. The molecule has 0 bridgehead atoms. The number of hydrogen-bond donors (Lipinski definition) is 1. The molecule has 0 spiro atoms. The van der Waals surface area contributed by atoms with Crippen LogP contribution in [0.3, 0.4) is 0 Å². The van der Waals surface area contributed by atoms with E-state index < -0.39 is 5.97 Å². The average Bonchev–Trinajstić information content (AvgIpc) is 2.71. The molecule has 28 heavy (non-hydrogen) atoms. The normalized spacial score (nSPS) is 10.6.